The normalized spacial score (nSPS) is 10.9. The number of aromatic nitrogens is 3. The fourth-order valence-corrected chi connectivity index (χ4v) is 3.61. The Bertz CT molecular complexity index is 1170. The van der Waals surface area contributed by atoms with Crippen LogP contribution >= 0.6 is 0 Å². The number of para-hydroxylation sites is 2. The number of hydrogen-bond acceptors (Lipinski definition) is 4. The molecule has 0 aliphatic heterocycles. The third-order valence-corrected chi connectivity index (χ3v) is 5.17. The van der Waals surface area contributed by atoms with Crippen LogP contribution in [0, 0.1) is 6.92 Å². The summed E-state index contributed by atoms with van der Waals surface area (Å²) >= 11 is 0. The van der Waals surface area contributed by atoms with E-state index < -0.39 is 0 Å². The maximum atomic E-state index is 12.8. The summed E-state index contributed by atoms with van der Waals surface area (Å²) < 4.78 is 8.10. The smallest absolute Gasteiger partial charge is 0.254 e. The van der Waals surface area contributed by atoms with E-state index in [1.165, 1.54) is 5.56 Å². The molecule has 0 saturated heterocycles. The molecule has 0 bridgehead atoms. The number of carbonyl (C=O) groups is 1. The average molecular weight is 415 g/mol. The fourth-order valence-electron chi connectivity index (χ4n) is 3.61. The fraction of sp³-hybridized carbons (Fsp3) is 0.240. The first-order chi connectivity index (χ1) is 15.1. The van der Waals surface area contributed by atoms with Crippen LogP contribution in [-0.4, -0.2) is 39.0 Å². The van der Waals surface area contributed by atoms with E-state index in [2.05, 4.69) is 28.6 Å². The van der Waals surface area contributed by atoms with Crippen molar-refractivity contribution in [2.24, 2.45) is 0 Å². The number of aryl methyl sites for hydroxylation is 2. The minimum atomic E-state index is -0.0520. The summed E-state index contributed by atoms with van der Waals surface area (Å²) in [6.45, 7) is 3.86. The van der Waals surface area contributed by atoms with Gasteiger partial charge in [-0.25, -0.2) is 4.98 Å². The summed E-state index contributed by atoms with van der Waals surface area (Å²) in [6, 6.07) is 19.6. The maximum absolute atomic E-state index is 12.8. The van der Waals surface area contributed by atoms with Crippen LogP contribution < -0.4 is 4.74 Å². The van der Waals surface area contributed by atoms with Gasteiger partial charge in [-0.05, 0) is 55.3 Å². The van der Waals surface area contributed by atoms with Crippen molar-refractivity contribution in [3.63, 3.8) is 0 Å². The van der Waals surface area contributed by atoms with E-state index in [1.54, 1.807) is 36.5 Å². The van der Waals surface area contributed by atoms with Crippen molar-refractivity contribution < 1.29 is 9.53 Å². The number of rotatable bonds is 8. The number of fused-ring (bicyclic) bond motifs is 1. The van der Waals surface area contributed by atoms with E-state index in [-0.39, 0.29) is 5.91 Å². The molecule has 2 heterocycles. The molecule has 4 rings (SSSR count). The summed E-state index contributed by atoms with van der Waals surface area (Å²) in [4.78, 5) is 23.2. The molecule has 6 nitrogen and oxygen atoms in total. The Morgan fingerprint density at radius 1 is 1.06 bits per heavy atom. The number of benzene rings is 2. The van der Waals surface area contributed by atoms with Gasteiger partial charge in [0.15, 0.2) is 0 Å². The van der Waals surface area contributed by atoms with Gasteiger partial charge in [0.2, 0.25) is 0 Å². The molecule has 0 N–H and O–H groups in total. The SMILES string of the molecule is Cc1cccc(OCCCn2c(CN(C)C(=O)c3ccncc3)nc3ccccc32)c1. The van der Waals surface area contributed by atoms with E-state index in [4.69, 9.17) is 9.72 Å². The number of ether oxygens (including phenoxy) is 1. The Morgan fingerprint density at radius 3 is 2.68 bits per heavy atom. The second-order valence-corrected chi connectivity index (χ2v) is 7.58. The topological polar surface area (TPSA) is 60.2 Å². The van der Waals surface area contributed by atoms with Crippen molar-refractivity contribution in [2.75, 3.05) is 13.7 Å². The van der Waals surface area contributed by atoms with Gasteiger partial charge in [-0.3, -0.25) is 9.78 Å². The summed E-state index contributed by atoms with van der Waals surface area (Å²) in [6.07, 6.45) is 4.10. The Labute approximate surface area is 182 Å². The zero-order valence-electron chi connectivity index (χ0n) is 17.9. The van der Waals surface area contributed by atoms with Gasteiger partial charge in [0.1, 0.15) is 11.6 Å². The van der Waals surface area contributed by atoms with E-state index in [9.17, 15) is 4.79 Å². The number of nitrogens with zero attached hydrogens (tertiary/aromatic N) is 4. The molecule has 0 spiro atoms. The molecule has 6 heteroatoms. The van der Waals surface area contributed by atoms with Gasteiger partial charge in [-0.1, -0.05) is 24.3 Å². The highest BCUT2D eigenvalue weighted by molar-refractivity contribution is 5.93. The molecule has 1 amide bonds. The Hall–Kier alpha value is -3.67. The average Bonchev–Trinajstić information content (AvgIpc) is 3.13. The Morgan fingerprint density at radius 2 is 1.87 bits per heavy atom. The lowest BCUT2D eigenvalue weighted by Crippen LogP contribution is -2.28. The highest BCUT2D eigenvalue weighted by Gasteiger charge is 2.17. The first kappa shape index (κ1) is 20.6. The second-order valence-electron chi connectivity index (χ2n) is 7.58. The van der Waals surface area contributed by atoms with Crippen molar-refractivity contribution in [1.29, 1.82) is 0 Å². The summed E-state index contributed by atoms with van der Waals surface area (Å²) in [5.41, 5.74) is 3.80. The van der Waals surface area contributed by atoms with Crippen molar-refractivity contribution in [3.8, 4) is 5.75 Å². The van der Waals surface area contributed by atoms with Crippen LogP contribution in [0.4, 0.5) is 0 Å². The highest BCUT2D eigenvalue weighted by Crippen LogP contribution is 2.19. The van der Waals surface area contributed by atoms with Crippen molar-refractivity contribution in [3.05, 3.63) is 90.0 Å². The molecule has 0 aliphatic rings. The molecule has 0 aliphatic carbocycles. The third kappa shape index (κ3) is 4.91. The van der Waals surface area contributed by atoms with Crippen LogP contribution in [0.15, 0.2) is 73.1 Å². The summed E-state index contributed by atoms with van der Waals surface area (Å²) in [7, 11) is 1.80. The van der Waals surface area contributed by atoms with Gasteiger partial charge in [-0.2, -0.15) is 0 Å². The van der Waals surface area contributed by atoms with Crippen LogP contribution in [0.2, 0.25) is 0 Å². The Balaban J connectivity index is 1.47. The number of imidazole rings is 1. The molecule has 0 atom stereocenters. The number of hydrogen-bond donors (Lipinski definition) is 0. The molecular weight excluding hydrogens is 388 g/mol. The molecule has 2 aromatic carbocycles. The monoisotopic (exact) mass is 414 g/mol. The van der Waals surface area contributed by atoms with Gasteiger partial charge in [0.25, 0.3) is 5.91 Å². The standard InChI is InChI=1S/C25H26N4O2/c1-19-7-5-8-21(17-19)31-16-6-15-29-23-10-4-3-9-22(23)27-24(29)18-28(2)25(30)20-11-13-26-14-12-20/h3-5,7-14,17H,6,15-16,18H2,1-2H3. The highest BCUT2D eigenvalue weighted by atomic mass is 16.5. The minimum absolute atomic E-state index is 0.0520. The van der Waals surface area contributed by atoms with Crippen molar-refractivity contribution in [1.82, 2.24) is 19.4 Å². The van der Waals surface area contributed by atoms with E-state index in [1.807, 2.05) is 36.4 Å². The number of amides is 1. The van der Waals surface area contributed by atoms with Crippen molar-refractivity contribution >= 4 is 16.9 Å². The number of pyridine rings is 1. The minimum Gasteiger partial charge on any atom is -0.494 e. The number of carbonyl (C=O) groups excluding carboxylic acids is 1. The van der Waals surface area contributed by atoms with E-state index >= 15 is 0 Å². The first-order valence-corrected chi connectivity index (χ1v) is 10.4. The van der Waals surface area contributed by atoms with Gasteiger partial charge in [-0.15, -0.1) is 0 Å². The zero-order chi connectivity index (χ0) is 21.6. The molecular formula is C25H26N4O2. The zero-order valence-corrected chi connectivity index (χ0v) is 17.9. The van der Waals surface area contributed by atoms with Gasteiger partial charge >= 0.3 is 0 Å². The maximum Gasteiger partial charge on any atom is 0.254 e. The molecule has 0 radical (unpaired) electrons. The van der Waals surface area contributed by atoms with Gasteiger partial charge < -0.3 is 14.2 Å². The molecule has 31 heavy (non-hydrogen) atoms. The lowest BCUT2D eigenvalue weighted by atomic mass is 10.2. The predicted octanol–water partition coefficient (Wildman–Crippen LogP) is 4.48. The summed E-state index contributed by atoms with van der Waals surface area (Å²) in [5.74, 6) is 1.70. The molecule has 0 fully saturated rings. The van der Waals surface area contributed by atoms with Crippen LogP contribution in [0.25, 0.3) is 11.0 Å². The van der Waals surface area contributed by atoms with E-state index in [0.29, 0.717) is 18.7 Å². The van der Waals surface area contributed by atoms with E-state index in [0.717, 1.165) is 35.6 Å². The molecule has 4 aromatic rings. The van der Waals surface area contributed by atoms with Crippen LogP contribution in [-0.2, 0) is 13.1 Å². The lowest BCUT2D eigenvalue weighted by molar-refractivity contribution is 0.0780. The summed E-state index contributed by atoms with van der Waals surface area (Å²) in [5, 5.41) is 0. The molecule has 0 unspecified atom stereocenters. The largest absolute Gasteiger partial charge is 0.494 e. The van der Waals surface area contributed by atoms with Gasteiger partial charge in [0, 0.05) is 31.5 Å². The molecule has 158 valence electrons. The predicted molar refractivity (Wildman–Crippen MR) is 121 cm³/mol. The van der Waals surface area contributed by atoms with Crippen LogP contribution in [0.1, 0.15) is 28.2 Å². The van der Waals surface area contributed by atoms with Gasteiger partial charge in [0.05, 0.1) is 24.2 Å². The van der Waals surface area contributed by atoms with Crippen LogP contribution in [0.3, 0.4) is 0 Å². The Kier molecular flexibility index (Phi) is 6.26. The molecule has 0 saturated carbocycles. The first-order valence-electron chi connectivity index (χ1n) is 10.4. The van der Waals surface area contributed by atoms with Crippen LogP contribution in [0.5, 0.6) is 5.75 Å². The molecule has 2 aromatic heterocycles. The third-order valence-electron chi connectivity index (χ3n) is 5.17. The second kappa shape index (κ2) is 9.43. The lowest BCUT2D eigenvalue weighted by Gasteiger charge is -2.18. The van der Waals surface area contributed by atoms with Crippen molar-refractivity contribution in [2.45, 2.75) is 26.4 Å². The quantitative estimate of drug-likeness (QED) is 0.399.